The van der Waals surface area contributed by atoms with Gasteiger partial charge in [-0.25, -0.2) is 0 Å². The van der Waals surface area contributed by atoms with Gasteiger partial charge in [0, 0.05) is 11.6 Å². The van der Waals surface area contributed by atoms with E-state index in [0.717, 1.165) is 6.92 Å². The standard InChI is InChI=1S/C9H5ClF3NO3/c1-4(15)6-2-5(9(11,12)13)3-7(8(6)10)14(16)17/h2-3H,1H3. The first kappa shape index (κ1) is 13.4. The molecule has 0 aliphatic heterocycles. The number of ketones is 1. The molecule has 92 valence electrons. The summed E-state index contributed by atoms with van der Waals surface area (Å²) >= 11 is 5.49. The Labute approximate surface area is 98.1 Å². The first-order chi connectivity index (χ1) is 7.64. The van der Waals surface area contributed by atoms with Gasteiger partial charge in [-0.1, -0.05) is 11.6 Å². The Morgan fingerprint density at radius 2 is 1.94 bits per heavy atom. The van der Waals surface area contributed by atoms with E-state index in [1.54, 1.807) is 0 Å². The van der Waals surface area contributed by atoms with Crippen molar-refractivity contribution in [3.05, 3.63) is 38.4 Å². The average molecular weight is 268 g/mol. The summed E-state index contributed by atoms with van der Waals surface area (Å²) in [5.74, 6) is -0.774. The Bertz CT molecular complexity index is 464. The Kier molecular flexibility index (Phi) is 3.42. The van der Waals surface area contributed by atoms with Gasteiger partial charge in [-0.2, -0.15) is 13.2 Å². The number of halogens is 4. The SMILES string of the molecule is CC(=O)c1cc(C(F)(F)F)cc([N+](=O)[O-])c1Cl. The van der Waals surface area contributed by atoms with Gasteiger partial charge >= 0.3 is 6.18 Å². The van der Waals surface area contributed by atoms with Crippen LogP contribution in [0.3, 0.4) is 0 Å². The lowest BCUT2D eigenvalue weighted by Gasteiger charge is -2.09. The lowest BCUT2D eigenvalue weighted by Crippen LogP contribution is -2.09. The highest BCUT2D eigenvalue weighted by Crippen LogP contribution is 2.37. The van der Waals surface area contributed by atoms with E-state index >= 15 is 0 Å². The number of nitrogens with zero attached hydrogens (tertiary/aromatic N) is 1. The summed E-state index contributed by atoms with van der Waals surface area (Å²) in [7, 11) is 0. The monoisotopic (exact) mass is 267 g/mol. The second kappa shape index (κ2) is 4.33. The number of nitro benzene ring substituents is 1. The van der Waals surface area contributed by atoms with Gasteiger partial charge in [0.25, 0.3) is 5.69 Å². The molecule has 0 unspecified atom stereocenters. The summed E-state index contributed by atoms with van der Waals surface area (Å²) in [5.41, 5.74) is -2.74. The summed E-state index contributed by atoms with van der Waals surface area (Å²) in [6.45, 7) is 0.977. The highest BCUT2D eigenvalue weighted by Gasteiger charge is 2.34. The predicted octanol–water partition coefficient (Wildman–Crippen LogP) is 3.47. The van der Waals surface area contributed by atoms with Crippen molar-refractivity contribution in [2.24, 2.45) is 0 Å². The minimum Gasteiger partial charge on any atom is -0.294 e. The molecule has 0 radical (unpaired) electrons. The number of benzene rings is 1. The molecule has 0 aliphatic carbocycles. The molecule has 0 N–H and O–H groups in total. The molecular formula is C9H5ClF3NO3. The molecule has 1 aromatic carbocycles. The van der Waals surface area contributed by atoms with Gasteiger partial charge in [0.15, 0.2) is 5.78 Å². The maximum atomic E-state index is 12.4. The molecule has 8 heteroatoms. The molecule has 4 nitrogen and oxygen atoms in total. The summed E-state index contributed by atoms with van der Waals surface area (Å²) in [6.07, 6.45) is -4.78. The fourth-order valence-corrected chi connectivity index (χ4v) is 1.47. The number of hydrogen-bond acceptors (Lipinski definition) is 3. The van der Waals surface area contributed by atoms with Crippen molar-refractivity contribution in [1.29, 1.82) is 0 Å². The molecule has 17 heavy (non-hydrogen) atoms. The third kappa shape index (κ3) is 2.73. The first-order valence-electron chi connectivity index (χ1n) is 4.20. The van der Waals surface area contributed by atoms with Crippen molar-refractivity contribution in [1.82, 2.24) is 0 Å². The molecule has 0 saturated carbocycles. The normalized spacial score (nSPS) is 11.4. The molecule has 0 spiro atoms. The maximum absolute atomic E-state index is 12.4. The molecular weight excluding hydrogens is 263 g/mol. The third-order valence-electron chi connectivity index (χ3n) is 1.96. The fourth-order valence-electron chi connectivity index (χ4n) is 1.16. The van der Waals surface area contributed by atoms with Crippen molar-refractivity contribution >= 4 is 23.1 Å². The Morgan fingerprint density at radius 1 is 1.41 bits per heavy atom. The number of Topliss-reactive ketones (excluding diaryl/α,β-unsaturated/α-hetero) is 1. The van der Waals surface area contributed by atoms with Gasteiger partial charge in [-0.3, -0.25) is 14.9 Å². The van der Waals surface area contributed by atoms with E-state index < -0.39 is 38.7 Å². The van der Waals surface area contributed by atoms with Crippen LogP contribution in [0.15, 0.2) is 12.1 Å². The lowest BCUT2D eigenvalue weighted by atomic mass is 10.1. The van der Waals surface area contributed by atoms with Crippen molar-refractivity contribution < 1.29 is 22.9 Å². The minimum atomic E-state index is -4.78. The van der Waals surface area contributed by atoms with Crippen LogP contribution in [0.1, 0.15) is 22.8 Å². The Balaban J connectivity index is 3.59. The second-order valence-corrected chi connectivity index (χ2v) is 3.55. The molecule has 0 amide bonds. The average Bonchev–Trinajstić information content (AvgIpc) is 2.14. The van der Waals surface area contributed by atoms with E-state index in [1.165, 1.54) is 0 Å². The Hall–Kier alpha value is -1.63. The summed E-state index contributed by atoms with van der Waals surface area (Å²) in [5, 5.41) is 9.93. The van der Waals surface area contributed by atoms with Gasteiger partial charge in [-0.05, 0) is 13.0 Å². The summed E-state index contributed by atoms with van der Waals surface area (Å²) in [4.78, 5) is 20.5. The zero-order valence-corrected chi connectivity index (χ0v) is 9.09. The van der Waals surface area contributed by atoms with Crippen LogP contribution < -0.4 is 0 Å². The van der Waals surface area contributed by atoms with Crippen LogP contribution >= 0.6 is 11.6 Å². The summed E-state index contributed by atoms with van der Waals surface area (Å²) < 4.78 is 37.3. The van der Waals surface area contributed by atoms with Crippen molar-refractivity contribution in [3.63, 3.8) is 0 Å². The van der Waals surface area contributed by atoms with Crippen molar-refractivity contribution in [2.45, 2.75) is 13.1 Å². The molecule has 0 bridgehead atoms. The van der Waals surface area contributed by atoms with E-state index in [0.29, 0.717) is 12.1 Å². The molecule has 0 aliphatic rings. The quantitative estimate of drug-likeness (QED) is 0.468. The summed E-state index contributed by atoms with van der Waals surface area (Å²) in [6, 6.07) is 0.798. The van der Waals surface area contributed by atoms with Gasteiger partial charge in [0.05, 0.1) is 10.5 Å². The molecule has 0 aromatic heterocycles. The van der Waals surface area contributed by atoms with E-state index in [-0.39, 0.29) is 0 Å². The molecule has 1 aromatic rings. The highest BCUT2D eigenvalue weighted by atomic mass is 35.5. The molecule has 0 fully saturated rings. The van der Waals surface area contributed by atoms with Crippen LogP contribution in [0.25, 0.3) is 0 Å². The van der Waals surface area contributed by atoms with Crippen LogP contribution in [-0.4, -0.2) is 10.7 Å². The van der Waals surface area contributed by atoms with Crippen LogP contribution in [0, 0.1) is 10.1 Å². The molecule has 1 rings (SSSR count). The number of carbonyl (C=O) groups is 1. The molecule has 0 saturated heterocycles. The van der Waals surface area contributed by atoms with Gasteiger partial charge in [-0.15, -0.1) is 0 Å². The predicted molar refractivity (Wildman–Crippen MR) is 53.1 cm³/mol. The van der Waals surface area contributed by atoms with Crippen LogP contribution in [0.5, 0.6) is 0 Å². The van der Waals surface area contributed by atoms with Crippen LogP contribution in [-0.2, 0) is 6.18 Å². The van der Waals surface area contributed by atoms with E-state index in [1.807, 2.05) is 0 Å². The van der Waals surface area contributed by atoms with Crippen molar-refractivity contribution in [2.75, 3.05) is 0 Å². The third-order valence-corrected chi connectivity index (χ3v) is 2.35. The molecule has 0 atom stereocenters. The van der Waals surface area contributed by atoms with Crippen molar-refractivity contribution in [3.8, 4) is 0 Å². The number of carbonyl (C=O) groups excluding carboxylic acids is 1. The van der Waals surface area contributed by atoms with Gasteiger partial charge in [0.2, 0.25) is 0 Å². The zero-order chi connectivity index (χ0) is 13.4. The lowest BCUT2D eigenvalue weighted by molar-refractivity contribution is -0.385. The highest BCUT2D eigenvalue weighted by molar-refractivity contribution is 6.35. The molecule has 0 heterocycles. The second-order valence-electron chi connectivity index (χ2n) is 3.17. The van der Waals surface area contributed by atoms with Crippen LogP contribution in [0.2, 0.25) is 5.02 Å². The smallest absolute Gasteiger partial charge is 0.294 e. The van der Waals surface area contributed by atoms with E-state index in [2.05, 4.69) is 0 Å². The Morgan fingerprint density at radius 3 is 2.29 bits per heavy atom. The fraction of sp³-hybridized carbons (Fsp3) is 0.222. The topological polar surface area (TPSA) is 60.2 Å². The van der Waals surface area contributed by atoms with Crippen LogP contribution in [0.4, 0.5) is 18.9 Å². The van der Waals surface area contributed by atoms with Gasteiger partial charge in [0.1, 0.15) is 5.02 Å². The van der Waals surface area contributed by atoms with Gasteiger partial charge < -0.3 is 0 Å². The first-order valence-corrected chi connectivity index (χ1v) is 4.58. The van der Waals surface area contributed by atoms with E-state index in [4.69, 9.17) is 11.6 Å². The largest absolute Gasteiger partial charge is 0.416 e. The number of hydrogen-bond donors (Lipinski definition) is 0. The number of rotatable bonds is 2. The zero-order valence-electron chi connectivity index (χ0n) is 8.34. The van der Waals surface area contributed by atoms with E-state index in [9.17, 15) is 28.1 Å². The number of nitro groups is 1. The maximum Gasteiger partial charge on any atom is 0.416 e. The minimum absolute atomic E-state index is 0.300. The number of alkyl halides is 3.